The second kappa shape index (κ2) is 7.89. The number of piperidine rings is 1. The molecule has 0 aromatic heterocycles. The highest BCUT2D eigenvalue weighted by Crippen LogP contribution is 2.36. The molecule has 1 saturated heterocycles. The van der Waals surface area contributed by atoms with E-state index < -0.39 is 17.5 Å². The minimum atomic E-state index is -1.13. The molecule has 0 radical (unpaired) electrons. The first-order valence-corrected chi connectivity index (χ1v) is 8.95. The fourth-order valence-electron chi connectivity index (χ4n) is 3.68. The Labute approximate surface area is 153 Å². The molecule has 0 spiro atoms. The van der Waals surface area contributed by atoms with E-state index in [4.69, 9.17) is 0 Å². The largest absolute Gasteiger partial charge is 0.508 e. The quantitative estimate of drug-likeness (QED) is 0.741. The van der Waals surface area contributed by atoms with E-state index in [-0.39, 0.29) is 5.75 Å². The number of nitrogens with zero attached hydrogens (tertiary/aromatic N) is 1. The molecule has 1 aliphatic rings. The lowest BCUT2D eigenvalue weighted by Crippen LogP contribution is -2.56. The van der Waals surface area contributed by atoms with E-state index >= 15 is 0 Å². The number of rotatable bonds is 6. The molecule has 3 N–H and O–H groups in total. The number of hydrogen-bond donors (Lipinski definition) is 3. The van der Waals surface area contributed by atoms with Gasteiger partial charge in [-0.2, -0.15) is 0 Å². The van der Waals surface area contributed by atoms with Gasteiger partial charge in [0.2, 0.25) is 0 Å². The highest BCUT2D eigenvalue weighted by atomic mass is 16.4. The first-order valence-electron chi connectivity index (χ1n) is 8.95. The third kappa shape index (κ3) is 4.06. The fraction of sp³-hybridized carbons (Fsp3) is 0.381. The third-order valence-electron chi connectivity index (χ3n) is 5.38. The molecule has 2 atom stereocenters. The van der Waals surface area contributed by atoms with E-state index in [9.17, 15) is 20.1 Å². The molecule has 0 amide bonds. The van der Waals surface area contributed by atoms with Gasteiger partial charge in [-0.25, -0.2) is 0 Å². The Morgan fingerprint density at radius 2 is 1.77 bits per heavy atom. The smallest absolute Gasteiger partial charge is 0.312 e. The van der Waals surface area contributed by atoms with Crippen LogP contribution in [-0.4, -0.2) is 51.9 Å². The zero-order chi connectivity index (χ0) is 18.6. The summed E-state index contributed by atoms with van der Waals surface area (Å²) in [7, 11) is 0. The van der Waals surface area contributed by atoms with Crippen molar-refractivity contribution in [3.63, 3.8) is 0 Å². The van der Waals surface area contributed by atoms with E-state index in [2.05, 4.69) is 4.90 Å². The van der Waals surface area contributed by atoms with Crippen LogP contribution < -0.4 is 0 Å². The minimum absolute atomic E-state index is 0.245. The average molecular weight is 355 g/mol. The Hall–Kier alpha value is -2.37. The van der Waals surface area contributed by atoms with Crippen LogP contribution in [0.4, 0.5) is 0 Å². The minimum Gasteiger partial charge on any atom is -0.508 e. The number of carbonyl (C=O) groups is 1. The molecule has 138 valence electrons. The summed E-state index contributed by atoms with van der Waals surface area (Å²) >= 11 is 0. The predicted octanol–water partition coefficient (Wildman–Crippen LogP) is 2.32. The van der Waals surface area contributed by atoms with Gasteiger partial charge >= 0.3 is 5.97 Å². The van der Waals surface area contributed by atoms with Gasteiger partial charge in [-0.1, -0.05) is 42.5 Å². The third-order valence-corrected chi connectivity index (χ3v) is 5.38. The van der Waals surface area contributed by atoms with Gasteiger partial charge in [-0.05, 0) is 49.1 Å². The van der Waals surface area contributed by atoms with Crippen LogP contribution in [0.1, 0.15) is 17.5 Å². The monoisotopic (exact) mass is 355 g/mol. The maximum atomic E-state index is 12.0. The number of phenolic OH excluding ortho intramolecular Hbond substituents is 1. The van der Waals surface area contributed by atoms with Gasteiger partial charge in [0.05, 0.1) is 6.10 Å². The number of hydrogen-bond acceptors (Lipinski definition) is 4. The molecule has 0 saturated carbocycles. The first kappa shape index (κ1) is 18.4. The molecular formula is C21H25NO4. The number of aliphatic hydroxyl groups is 1. The predicted molar refractivity (Wildman–Crippen MR) is 99.1 cm³/mol. The number of carboxylic acids is 1. The van der Waals surface area contributed by atoms with Crippen LogP contribution in [0, 0.1) is 5.41 Å². The number of aromatic hydroxyl groups is 1. The van der Waals surface area contributed by atoms with Gasteiger partial charge in [0.1, 0.15) is 11.2 Å². The van der Waals surface area contributed by atoms with Crippen LogP contribution in [-0.2, 0) is 17.6 Å². The van der Waals surface area contributed by atoms with Gasteiger partial charge < -0.3 is 20.2 Å². The molecule has 1 aliphatic heterocycles. The zero-order valence-electron chi connectivity index (χ0n) is 14.7. The molecule has 0 aliphatic carbocycles. The van der Waals surface area contributed by atoms with Crippen molar-refractivity contribution >= 4 is 5.97 Å². The Morgan fingerprint density at radius 3 is 2.38 bits per heavy atom. The molecule has 1 fully saturated rings. The van der Waals surface area contributed by atoms with Crippen molar-refractivity contribution in [2.75, 3.05) is 19.6 Å². The molecule has 5 heteroatoms. The average Bonchev–Trinajstić information content (AvgIpc) is 2.64. The Kier molecular flexibility index (Phi) is 5.59. The zero-order valence-corrected chi connectivity index (χ0v) is 14.7. The standard InChI is InChI=1S/C21H25NO4/c23-18-8-6-16(7-9-18)10-12-22-13-11-21(20(25)26,19(24)15-22)14-17-4-2-1-3-5-17/h1-9,19,23-24H,10-15H2,(H,25,26)/t19-,21+/m0/s1. The highest BCUT2D eigenvalue weighted by Gasteiger charge is 2.48. The molecule has 26 heavy (non-hydrogen) atoms. The summed E-state index contributed by atoms with van der Waals surface area (Å²) in [4.78, 5) is 14.1. The van der Waals surface area contributed by atoms with Crippen molar-refractivity contribution in [2.24, 2.45) is 5.41 Å². The van der Waals surface area contributed by atoms with Crippen molar-refractivity contribution in [1.82, 2.24) is 4.90 Å². The van der Waals surface area contributed by atoms with E-state index in [1.54, 1.807) is 12.1 Å². The molecule has 3 rings (SSSR count). The van der Waals surface area contributed by atoms with E-state index in [0.29, 0.717) is 25.9 Å². The summed E-state index contributed by atoms with van der Waals surface area (Å²) in [6.45, 7) is 1.76. The van der Waals surface area contributed by atoms with Gasteiger partial charge in [0.15, 0.2) is 0 Å². The van der Waals surface area contributed by atoms with Crippen LogP contribution >= 0.6 is 0 Å². The van der Waals surface area contributed by atoms with Crippen LogP contribution in [0.15, 0.2) is 54.6 Å². The number of aliphatic carboxylic acids is 1. The van der Waals surface area contributed by atoms with Crippen LogP contribution in [0.5, 0.6) is 5.75 Å². The van der Waals surface area contributed by atoms with Gasteiger partial charge in [0.25, 0.3) is 0 Å². The Morgan fingerprint density at radius 1 is 1.08 bits per heavy atom. The maximum Gasteiger partial charge on any atom is 0.312 e. The van der Waals surface area contributed by atoms with Crippen LogP contribution in [0.3, 0.4) is 0 Å². The second-order valence-corrected chi connectivity index (χ2v) is 7.11. The highest BCUT2D eigenvalue weighted by molar-refractivity contribution is 5.76. The Bertz CT molecular complexity index is 731. The van der Waals surface area contributed by atoms with E-state index in [0.717, 1.165) is 24.1 Å². The van der Waals surface area contributed by atoms with Gasteiger partial charge in [-0.3, -0.25) is 4.79 Å². The molecular weight excluding hydrogens is 330 g/mol. The molecule has 1 heterocycles. The molecule has 2 aromatic carbocycles. The number of β-amino-alcohol motifs (C(OH)–C–C–N with tert-alkyl or cyclic N) is 1. The van der Waals surface area contributed by atoms with Crippen LogP contribution in [0.2, 0.25) is 0 Å². The summed E-state index contributed by atoms with van der Waals surface area (Å²) < 4.78 is 0. The number of likely N-dealkylation sites (tertiary alicyclic amines) is 1. The van der Waals surface area contributed by atoms with E-state index in [1.165, 1.54) is 0 Å². The lowest BCUT2D eigenvalue weighted by molar-refractivity contribution is -0.162. The summed E-state index contributed by atoms with van der Waals surface area (Å²) in [6.07, 6.45) is 0.657. The SMILES string of the molecule is O=C(O)[C@@]1(Cc2ccccc2)CCN(CCc2ccc(O)cc2)C[C@@H]1O. The lowest BCUT2D eigenvalue weighted by atomic mass is 9.71. The number of phenols is 1. The van der Waals surface area contributed by atoms with Crippen molar-refractivity contribution in [2.45, 2.75) is 25.4 Å². The van der Waals surface area contributed by atoms with Crippen molar-refractivity contribution < 1.29 is 20.1 Å². The van der Waals surface area contributed by atoms with E-state index in [1.807, 2.05) is 42.5 Å². The van der Waals surface area contributed by atoms with Crippen LogP contribution in [0.25, 0.3) is 0 Å². The van der Waals surface area contributed by atoms with Crippen molar-refractivity contribution in [3.8, 4) is 5.75 Å². The number of carboxylic acid groups (broad SMARTS) is 1. The van der Waals surface area contributed by atoms with Crippen molar-refractivity contribution in [1.29, 1.82) is 0 Å². The first-order chi connectivity index (χ1) is 12.5. The molecule has 0 unspecified atom stereocenters. The second-order valence-electron chi connectivity index (χ2n) is 7.11. The molecule has 5 nitrogen and oxygen atoms in total. The summed E-state index contributed by atoms with van der Waals surface area (Å²) in [6, 6.07) is 16.6. The normalized spacial score (nSPS) is 23.7. The fourth-order valence-corrected chi connectivity index (χ4v) is 3.68. The van der Waals surface area contributed by atoms with Crippen molar-refractivity contribution in [3.05, 3.63) is 65.7 Å². The summed E-state index contributed by atoms with van der Waals surface area (Å²) in [5.41, 5.74) is 0.916. The maximum absolute atomic E-state index is 12.0. The topological polar surface area (TPSA) is 81.0 Å². The molecule has 2 aromatic rings. The number of benzene rings is 2. The number of aliphatic hydroxyl groups excluding tert-OH is 1. The summed E-state index contributed by atoms with van der Waals surface area (Å²) in [5, 5.41) is 29.9. The van der Waals surface area contributed by atoms with Gasteiger partial charge in [-0.15, -0.1) is 0 Å². The lowest BCUT2D eigenvalue weighted by Gasteiger charge is -2.43. The van der Waals surface area contributed by atoms with Gasteiger partial charge in [0, 0.05) is 13.1 Å². The Balaban J connectivity index is 1.63. The molecule has 0 bridgehead atoms. The summed E-state index contributed by atoms with van der Waals surface area (Å²) in [5.74, 6) is -0.679.